The second-order valence-electron chi connectivity index (χ2n) is 6.38. The lowest BCUT2D eigenvalue weighted by Crippen LogP contribution is -2.18. The molecular weight excluding hydrogens is 334 g/mol. The Hall–Kier alpha value is -2.60. The highest BCUT2D eigenvalue weighted by Crippen LogP contribution is 2.16. The largest absolute Gasteiger partial charge is 0.361 e. The van der Waals surface area contributed by atoms with Crippen LogP contribution in [0.15, 0.2) is 64.7 Å². The first-order valence-electron chi connectivity index (χ1n) is 8.15. The van der Waals surface area contributed by atoms with Gasteiger partial charge in [0.25, 0.3) is 10.0 Å². The van der Waals surface area contributed by atoms with Crippen LogP contribution in [0.5, 0.6) is 0 Å². The number of aromatic amines is 1. The van der Waals surface area contributed by atoms with Crippen LogP contribution in [0.25, 0.3) is 10.9 Å². The van der Waals surface area contributed by atoms with E-state index in [9.17, 15) is 8.42 Å². The molecule has 1 aromatic heterocycles. The normalized spacial score (nSPS) is 12.3. The van der Waals surface area contributed by atoms with Crippen molar-refractivity contribution in [2.75, 3.05) is 0 Å². The van der Waals surface area contributed by atoms with Crippen LogP contribution in [-0.4, -0.2) is 19.6 Å². The maximum absolute atomic E-state index is 12.3. The van der Waals surface area contributed by atoms with Gasteiger partial charge < -0.3 is 4.98 Å². The van der Waals surface area contributed by atoms with E-state index in [0.717, 1.165) is 28.5 Å². The molecular formula is C19H21N3O2S. The molecule has 0 spiro atoms. The van der Waals surface area contributed by atoms with Crippen LogP contribution < -0.4 is 4.83 Å². The van der Waals surface area contributed by atoms with Crippen molar-refractivity contribution in [3.05, 3.63) is 65.9 Å². The smallest absolute Gasteiger partial charge is 0.276 e. The molecule has 1 heterocycles. The molecule has 0 saturated carbocycles. The van der Waals surface area contributed by atoms with E-state index in [1.54, 1.807) is 18.3 Å². The van der Waals surface area contributed by atoms with Crippen molar-refractivity contribution >= 4 is 27.1 Å². The van der Waals surface area contributed by atoms with Crippen LogP contribution in [0, 0.1) is 5.92 Å². The Labute approximate surface area is 147 Å². The molecule has 0 aliphatic rings. The van der Waals surface area contributed by atoms with Gasteiger partial charge in [-0.1, -0.05) is 44.2 Å². The van der Waals surface area contributed by atoms with E-state index in [2.05, 4.69) is 28.8 Å². The molecule has 130 valence electrons. The second kappa shape index (κ2) is 7.11. The summed E-state index contributed by atoms with van der Waals surface area (Å²) >= 11 is 0. The lowest BCUT2D eigenvalue weighted by atomic mass is 10.0. The summed E-state index contributed by atoms with van der Waals surface area (Å²) in [6, 6.07) is 14.7. The van der Waals surface area contributed by atoms with Crippen molar-refractivity contribution in [1.29, 1.82) is 0 Å². The van der Waals surface area contributed by atoms with Crippen LogP contribution in [0.4, 0.5) is 0 Å². The van der Waals surface area contributed by atoms with Crippen molar-refractivity contribution in [2.45, 2.75) is 25.2 Å². The topological polar surface area (TPSA) is 74.3 Å². The highest BCUT2D eigenvalue weighted by atomic mass is 32.2. The molecule has 6 heteroatoms. The molecule has 0 radical (unpaired) electrons. The van der Waals surface area contributed by atoms with Gasteiger partial charge in [-0.15, -0.1) is 0 Å². The van der Waals surface area contributed by atoms with Gasteiger partial charge in [-0.3, -0.25) is 0 Å². The van der Waals surface area contributed by atoms with E-state index in [4.69, 9.17) is 0 Å². The Morgan fingerprint density at radius 3 is 2.56 bits per heavy atom. The molecule has 0 aliphatic carbocycles. The Kier molecular flexibility index (Phi) is 4.90. The minimum atomic E-state index is -3.67. The molecule has 0 bridgehead atoms. The molecule has 2 N–H and O–H groups in total. The van der Waals surface area contributed by atoms with Crippen molar-refractivity contribution in [3.63, 3.8) is 0 Å². The van der Waals surface area contributed by atoms with E-state index in [0.29, 0.717) is 5.92 Å². The van der Waals surface area contributed by atoms with Gasteiger partial charge >= 0.3 is 0 Å². The fourth-order valence-electron chi connectivity index (χ4n) is 2.69. The number of benzene rings is 2. The maximum Gasteiger partial charge on any atom is 0.276 e. The van der Waals surface area contributed by atoms with Crippen molar-refractivity contribution in [2.24, 2.45) is 11.0 Å². The SMILES string of the molecule is CC(C)Cc1ccc(S(=O)(=O)N/N=C\c2c[nH]c3ccccc23)cc1. The van der Waals surface area contributed by atoms with Crippen LogP contribution in [0.3, 0.4) is 0 Å². The standard InChI is InChI=1S/C19H21N3O2S/c1-14(2)11-15-7-9-17(10-8-15)25(23,24)22-21-13-16-12-20-19-6-4-3-5-18(16)19/h3-10,12-14,20,22H,11H2,1-2H3/b21-13-. The Morgan fingerprint density at radius 2 is 1.84 bits per heavy atom. The summed E-state index contributed by atoms with van der Waals surface area (Å²) in [5.41, 5.74) is 2.93. The number of nitrogens with one attached hydrogen (secondary N) is 2. The number of sulfonamides is 1. The molecule has 0 amide bonds. The summed E-state index contributed by atoms with van der Waals surface area (Å²) in [6.07, 6.45) is 4.22. The van der Waals surface area contributed by atoms with E-state index < -0.39 is 10.0 Å². The van der Waals surface area contributed by atoms with Gasteiger partial charge in [0, 0.05) is 22.7 Å². The van der Waals surface area contributed by atoms with E-state index >= 15 is 0 Å². The average molecular weight is 355 g/mol. The molecule has 0 saturated heterocycles. The van der Waals surface area contributed by atoms with E-state index in [1.165, 1.54) is 6.21 Å². The first-order valence-corrected chi connectivity index (χ1v) is 9.64. The van der Waals surface area contributed by atoms with Crippen molar-refractivity contribution in [1.82, 2.24) is 9.82 Å². The molecule has 0 aliphatic heterocycles. The molecule has 0 unspecified atom stereocenters. The number of para-hydroxylation sites is 1. The zero-order chi connectivity index (χ0) is 17.9. The number of aromatic nitrogens is 1. The van der Waals surface area contributed by atoms with Crippen LogP contribution in [-0.2, 0) is 16.4 Å². The van der Waals surface area contributed by atoms with E-state index in [1.807, 2.05) is 36.4 Å². The minimum absolute atomic E-state index is 0.205. The maximum atomic E-state index is 12.3. The lowest BCUT2D eigenvalue weighted by Gasteiger charge is -2.07. The fourth-order valence-corrected chi connectivity index (χ4v) is 3.49. The Bertz CT molecular complexity index is 987. The summed E-state index contributed by atoms with van der Waals surface area (Å²) in [6.45, 7) is 4.26. The summed E-state index contributed by atoms with van der Waals surface area (Å²) in [5.74, 6) is 0.529. The number of nitrogens with zero attached hydrogens (tertiary/aromatic N) is 1. The third-order valence-corrected chi connectivity index (χ3v) is 5.11. The molecule has 3 rings (SSSR count). The summed E-state index contributed by atoms with van der Waals surface area (Å²) in [5, 5.41) is 4.89. The monoisotopic (exact) mass is 355 g/mol. The number of fused-ring (bicyclic) bond motifs is 1. The van der Waals surface area contributed by atoms with Crippen LogP contribution >= 0.6 is 0 Å². The Morgan fingerprint density at radius 1 is 1.12 bits per heavy atom. The van der Waals surface area contributed by atoms with Crippen LogP contribution in [0.1, 0.15) is 25.0 Å². The van der Waals surface area contributed by atoms with Gasteiger partial charge in [-0.05, 0) is 36.1 Å². The molecule has 3 aromatic rings. The number of hydrogen-bond acceptors (Lipinski definition) is 3. The highest BCUT2D eigenvalue weighted by molar-refractivity contribution is 7.89. The quantitative estimate of drug-likeness (QED) is 0.523. The first kappa shape index (κ1) is 17.2. The number of hydrazone groups is 1. The summed E-state index contributed by atoms with van der Waals surface area (Å²) in [7, 11) is -3.67. The van der Waals surface area contributed by atoms with Gasteiger partial charge in [0.05, 0.1) is 11.1 Å². The number of hydrogen-bond donors (Lipinski definition) is 2. The molecule has 0 fully saturated rings. The van der Waals surface area contributed by atoms with Gasteiger partial charge in [-0.2, -0.15) is 13.5 Å². The van der Waals surface area contributed by atoms with Crippen molar-refractivity contribution < 1.29 is 8.42 Å². The minimum Gasteiger partial charge on any atom is -0.361 e. The predicted octanol–water partition coefficient (Wildman–Crippen LogP) is 3.68. The third-order valence-electron chi connectivity index (χ3n) is 3.88. The van der Waals surface area contributed by atoms with Gasteiger partial charge in [0.2, 0.25) is 0 Å². The Balaban J connectivity index is 1.73. The van der Waals surface area contributed by atoms with E-state index in [-0.39, 0.29) is 4.90 Å². The van der Waals surface area contributed by atoms with Crippen LogP contribution in [0.2, 0.25) is 0 Å². The zero-order valence-electron chi connectivity index (χ0n) is 14.2. The van der Waals surface area contributed by atoms with Gasteiger partial charge in [-0.25, -0.2) is 4.83 Å². The fraction of sp³-hybridized carbons (Fsp3) is 0.211. The predicted molar refractivity (Wildman–Crippen MR) is 101 cm³/mol. The average Bonchev–Trinajstić information content (AvgIpc) is 2.98. The third kappa shape index (κ3) is 4.09. The lowest BCUT2D eigenvalue weighted by molar-refractivity contribution is 0.584. The molecule has 25 heavy (non-hydrogen) atoms. The van der Waals surface area contributed by atoms with Gasteiger partial charge in [0.1, 0.15) is 0 Å². The van der Waals surface area contributed by atoms with Gasteiger partial charge in [0.15, 0.2) is 0 Å². The zero-order valence-corrected chi connectivity index (χ0v) is 15.0. The van der Waals surface area contributed by atoms with Crippen molar-refractivity contribution in [3.8, 4) is 0 Å². The molecule has 2 aromatic carbocycles. The number of H-pyrrole nitrogens is 1. The first-order chi connectivity index (χ1) is 12.0. The summed E-state index contributed by atoms with van der Waals surface area (Å²) in [4.78, 5) is 5.59. The summed E-state index contributed by atoms with van der Waals surface area (Å²) < 4.78 is 24.7. The second-order valence-corrected chi connectivity index (χ2v) is 8.05. The molecule has 0 atom stereocenters. The highest BCUT2D eigenvalue weighted by Gasteiger charge is 2.12. The molecule has 5 nitrogen and oxygen atoms in total. The number of rotatable bonds is 6.